The number of sulfonamides is 1. The fourth-order valence-corrected chi connectivity index (χ4v) is 6.05. The molecular weight excluding hydrogens is 557 g/mol. The zero-order chi connectivity index (χ0) is 30.1. The number of carbonyl (C=O) groups is 2. The van der Waals surface area contributed by atoms with Crippen molar-refractivity contribution >= 4 is 27.5 Å². The van der Waals surface area contributed by atoms with Crippen molar-refractivity contribution in [3.8, 4) is 5.75 Å². The minimum absolute atomic E-state index is 0.00438. The highest BCUT2D eigenvalue weighted by Crippen LogP contribution is 2.24. The van der Waals surface area contributed by atoms with Gasteiger partial charge in [0.1, 0.15) is 24.2 Å². The van der Waals surface area contributed by atoms with Crippen LogP contribution >= 0.6 is 0 Å². The molecule has 0 spiro atoms. The van der Waals surface area contributed by atoms with Crippen LogP contribution in [0.4, 0.5) is 10.1 Å². The molecule has 0 saturated heterocycles. The Morgan fingerprint density at radius 1 is 0.952 bits per heavy atom. The molecule has 1 fully saturated rings. The van der Waals surface area contributed by atoms with E-state index in [1.807, 2.05) is 37.3 Å². The van der Waals surface area contributed by atoms with Gasteiger partial charge in [-0.3, -0.25) is 13.9 Å². The summed E-state index contributed by atoms with van der Waals surface area (Å²) in [5, 5.41) is 3.12. The Bertz CT molecular complexity index is 1430. The summed E-state index contributed by atoms with van der Waals surface area (Å²) >= 11 is 0. The number of halogens is 1. The third kappa shape index (κ3) is 8.55. The lowest BCUT2D eigenvalue weighted by Crippen LogP contribution is -2.54. The fraction of sp³-hybridized carbons (Fsp3) is 0.375. The van der Waals surface area contributed by atoms with Crippen molar-refractivity contribution in [1.29, 1.82) is 0 Å². The molecule has 0 unspecified atom stereocenters. The van der Waals surface area contributed by atoms with Crippen LogP contribution in [0, 0.1) is 5.82 Å². The number of hydrogen-bond donors (Lipinski definition) is 1. The van der Waals surface area contributed by atoms with Crippen molar-refractivity contribution in [2.75, 3.05) is 23.7 Å². The zero-order valence-electron chi connectivity index (χ0n) is 24.0. The van der Waals surface area contributed by atoms with Gasteiger partial charge in [-0.15, -0.1) is 0 Å². The molecule has 0 aromatic heterocycles. The van der Waals surface area contributed by atoms with Gasteiger partial charge in [0.15, 0.2) is 0 Å². The van der Waals surface area contributed by atoms with Gasteiger partial charge in [-0.1, -0.05) is 55.3 Å². The van der Waals surface area contributed by atoms with Crippen molar-refractivity contribution in [3.63, 3.8) is 0 Å². The molecule has 3 aromatic rings. The van der Waals surface area contributed by atoms with Crippen LogP contribution in [0.2, 0.25) is 0 Å². The Hall–Kier alpha value is -3.92. The molecule has 224 valence electrons. The van der Waals surface area contributed by atoms with E-state index in [0.717, 1.165) is 41.8 Å². The summed E-state index contributed by atoms with van der Waals surface area (Å²) in [6.07, 6.45) is 5.06. The standard InChI is InChI=1S/C32H38FN3O5S/c1-3-41-29-19-17-28(18-20-29)36(42(2,39)40)23-31(37)35(22-25-13-15-26(33)16-14-25)30(21-24-9-5-4-6-10-24)32(38)34-27-11-7-8-12-27/h4-6,9-10,13-20,27,30H,3,7-8,11-12,21-23H2,1-2H3,(H,34,38)/t30-/m0/s1. The van der Waals surface area contributed by atoms with E-state index in [-0.39, 0.29) is 24.9 Å². The molecule has 1 N–H and O–H groups in total. The molecule has 1 saturated carbocycles. The average molecular weight is 596 g/mol. The van der Waals surface area contributed by atoms with E-state index in [1.54, 1.807) is 36.4 Å². The quantitative estimate of drug-likeness (QED) is 0.309. The number of nitrogens with zero attached hydrogens (tertiary/aromatic N) is 2. The second-order valence-corrected chi connectivity index (χ2v) is 12.4. The average Bonchev–Trinajstić information content (AvgIpc) is 3.48. The van der Waals surface area contributed by atoms with Gasteiger partial charge in [-0.05, 0) is 67.3 Å². The normalized spacial score (nSPS) is 14.3. The number of anilines is 1. The summed E-state index contributed by atoms with van der Waals surface area (Å²) in [5.74, 6) is -0.699. The third-order valence-corrected chi connectivity index (χ3v) is 8.49. The SMILES string of the molecule is CCOc1ccc(N(CC(=O)N(Cc2ccc(F)cc2)[C@@H](Cc2ccccc2)C(=O)NC2CCCC2)S(C)(=O)=O)cc1. The second kappa shape index (κ2) is 14.3. The predicted molar refractivity (Wildman–Crippen MR) is 161 cm³/mol. The molecule has 1 aliphatic carbocycles. The van der Waals surface area contributed by atoms with E-state index in [4.69, 9.17) is 4.74 Å². The summed E-state index contributed by atoms with van der Waals surface area (Å²) in [4.78, 5) is 29.4. The third-order valence-electron chi connectivity index (χ3n) is 7.35. The molecule has 1 aliphatic rings. The smallest absolute Gasteiger partial charge is 0.244 e. The highest BCUT2D eigenvalue weighted by molar-refractivity contribution is 7.92. The van der Waals surface area contributed by atoms with Crippen LogP contribution in [0.5, 0.6) is 5.75 Å². The van der Waals surface area contributed by atoms with Gasteiger partial charge in [0.05, 0.1) is 18.6 Å². The van der Waals surface area contributed by atoms with E-state index in [1.165, 1.54) is 17.0 Å². The van der Waals surface area contributed by atoms with E-state index < -0.39 is 34.3 Å². The summed E-state index contributed by atoms with van der Waals surface area (Å²) < 4.78 is 46.1. The topological polar surface area (TPSA) is 96.0 Å². The molecule has 1 atom stereocenters. The van der Waals surface area contributed by atoms with Gasteiger partial charge in [0, 0.05) is 19.0 Å². The minimum Gasteiger partial charge on any atom is -0.494 e. The first-order valence-electron chi connectivity index (χ1n) is 14.2. The van der Waals surface area contributed by atoms with E-state index in [9.17, 15) is 22.4 Å². The molecule has 0 bridgehead atoms. The first kappa shape index (κ1) is 31.0. The number of rotatable bonds is 13. The van der Waals surface area contributed by atoms with E-state index in [2.05, 4.69) is 5.32 Å². The maximum absolute atomic E-state index is 14.1. The number of benzene rings is 3. The lowest BCUT2D eigenvalue weighted by molar-refractivity contribution is -0.140. The van der Waals surface area contributed by atoms with Crippen LogP contribution in [0.1, 0.15) is 43.7 Å². The van der Waals surface area contributed by atoms with Gasteiger partial charge >= 0.3 is 0 Å². The van der Waals surface area contributed by atoms with Gasteiger partial charge in [-0.2, -0.15) is 0 Å². The maximum atomic E-state index is 14.1. The molecule has 2 amide bonds. The maximum Gasteiger partial charge on any atom is 0.244 e. The summed E-state index contributed by atoms with van der Waals surface area (Å²) in [7, 11) is -3.88. The largest absolute Gasteiger partial charge is 0.494 e. The van der Waals surface area contributed by atoms with Crippen molar-refractivity contribution < 1.29 is 27.1 Å². The Labute approximate surface area is 247 Å². The monoisotopic (exact) mass is 595 g/mol. The number of ether oxygens (including phenoxy) is 1. The predicted octanol–water partition coefficient (Wildman–Crippen LogP) is 4.69. The van der Waals surface area contributed by atoms with Crippen LogP contribution < -0.4 is 14.4 Å². The Morgan fingerprint density at radius 3 is 2.19 bits per heavy atom. The second-order valence-electron chi connectivity index (χ2n) is 10.5. The molecule has 3 aromatic carbocycles. The Morgan fingerprint density at radius 2 is 1.60 bits per heavy atom. The number of nitrogens with one attached hydrogen (secondary N) is 1. The molecule has 10 heteroatoms. The van der Waals surface area contributed by atoms with E-state index >= 15 is 0 Å². The van der Waals surface area contributed by atoms with Gasteiger partial charge in [-0.25, -0.2) is 12.8 Å². The highest BCUT2D eigenvalue weighted by atomic mass is 32.2. The Balaban J connectivity index is 1.70. The summed E-state index contributed by atoms with van der Waals surface area (Å²) in [6.45, 7) is 1.78. The molecule has 4 rings (SSSR count). The number of carbonyl (C=O) groups excluding carboxylic acids is 2. The van der Waals surface area contributed by atoms with Crippen LogP contribution in [0.15, 0.2) is 78.9 Å². The lowest BCUT2D eigenvalue weighted by Gasteiger charge is -2.34. The lowest BCUT2D eigenvalue weighted by atomic mass is 10.0. The molecule has 42 heavy (non-hydrogen) atoms. The van der Waals surface area contributed by atoms with Crippen LogP contribution in [-0.2, 0) is 32.6 Å². The molecule has 0 aliphatic heterocycles. The first-order chi connectivity index (χ1) is 20.1. The van der Waals surface area contributed by atoms with Crippen LogP contribution in [0.3, 0.4) is 0 Å². The highest BCUT2D eigenvalue weighted by Gasteiger charge is 2.34. The fourth-order valence-electron chi connectivity index (χ4n) is 5.20. The van der Waals surface area contributed by atoms with Crippen LogP contribution in [0.25, 0.3) is 0 Å². The summed E-state index contributed by atoms with van der Waals surface area (Å²) in [5.41, 5.74) is 1.77. The molecular formula is C32H38FN3O5S. The van der Waals surface area contributed by atoms with Gasteiger partial charge in [0.25, 0.3) is 0 Å². The first-order valence-corrected chi connectivity index (χ1v) is 16.1. The van der Waals surface area contributed by atoms with Crippen molar-refractivity contribution in [1.82, 2.24) is 10.2 Å². The number of hydrogen-bond acceptors (Lipinski definition) is 5. The minimum atomic E-state index is -3.88. The van der Waals surface area contributed by atoms with Crippen molar-refractivity contribution in [2.45, 2.75) is 57.7 Å². The summed E-state index contributed by atoms with van der Waals surface area (Å²) in [6, 6.07) is 20.6. The Kier molecular flexibility index (Phi) is 10.6. The molecule has 8 nitrogen and oxygen atoms in total. The zero-order valence-corrected chi connectivity index (χ0v) is 24.9. The van der Waals surface area contributed by atoms with E-state index in [0.29, 0.717) is 23.6 Å². The van der Waals surface area contributed by atoms with Gasteiger partial charge < -0.3 is 15.0 Å². The molecule has 0 radical (unpaired) electrons. The van der Waals surface area contributed by atoms with Crippen molar-refractivity contribution in [3.05, 3.63) is 95.8 Å². The van der Waals surface area contributed by atoms with Gasteiger partial charge in [0.2, 0.25) is 21.8 Å². The van der Waals surface area contributed by atoms with Crippen LogP contribution in [-0.4, -0.2) is 56.6 Å². The van der Waals surface area contributed by atoms with Crippen molar-refractivity contribution in [2.24, 2.45) is 0 Å². The number of amides is 2. The molecule has 0 heterocycles.